The highest BCUT2D eigenvalue weighted by molar-refractivity contribution is 5.90. The van der Waals surface area contributed by atoms with E-state index in [0.29, 0.717) is 24.0 Å². The predicted octanol–water partition coefficient (Wildman–Crippen LogP) is 4.49. The minimum Gasteiger partial charge on any atom is -0.454 e. The topological polar surface area (TPSA) is 52.6 Å². The maximum atomic E-state index is 12.5. The number of carbonyl (C=O) groups is 2. The van der Waals surface area contributed by atoms with Gasteiger partial charge in [0.25, 0.3) is 0 Å². The Kier molecular flexibility index (Phi) is 4.88. The minimum absolute atomic E-state index is 0.392. The van der Waals surface area contributed by atoms with Crippen molar-refractivity contribution in [1.82, 2.24) is 0 Å². The smallest absolute Gasteiger partial charge is 0.338 e. The molecule has 136 valence electrons. The molecule has 0 N–H and O–H groups in total. The predicted molar refractivity (Wildman–Crippen MR) is 101 cm³/mol. The van der Waals surface area contributed by atoms with Crippen LogP contribution < -0.4 is 0 Å². The van der Waals surface area contributed by atoms with Crippen molar-refractivity contribution in [2.45, 2.75) is 31.5 Å². The summed E-state index contributed by atoms with van der Waals surface area (Å²) in [5.41, 5.74) is 3.43. The zero-order valence-electron chi connectivity index (χ0n) is 14.8. The summed E-state index contributed by atoms with van der Waals surface area (Å²) in [6.45, 7) is 0. The number of esters is 2. The number of hydrogen-bond donors (Lipinski definition) is 0. The van der Waals surface area contributed by atoms with Gasteiger partial charge < -0.3 is 9.47 Å². The van der Waals surface area contributed by atoms with Crippen molar-refractivity contribution < 1.29 is 19.1 Å². The summed E-state index contributed by atoms with van der Waals surface area (Å²) in [7, 11) is 0. The highest BCUT2D eigenvalue weighted by Crippen LogP contribution is 2.36. The molecule has 0 aromatic heterocycles. The summed E-state index contributed by atoms with van der Waals surface area (Å²) < 4.78 is 11.5. The highest BCUT2D eigenvalue weighted by Gasteiger charge is 2.36. The Morgan fingerprint density at radius 1 is 0.741 bits per heavy atom. The molecule has 2 aliphatic carbocycles. The van der Waals surface area contributed by atoms with Crippen LogP contribution >= 0.6 is 0 Å². The van der Waals surface area contributed by atoms with Gasteiger partial charge in [-0.05, 0) is 36.3 Å². The second-order valence-corrected chi connectivity index (χ2v) is 6.76. The molecule has 0 saturated heterocycles. The highest BCUT2D eigenvalue weighted by atomic mass is 16.6. The van der Waals surface area contributed by atoms with E-state index in [4.69, 9.17) is 9.47 Å². The minimum atomic E-state index is -0.494. The quantitative estimate of drug-likeness (QED) is 0.754. The molecule has 0 amide bonds. The van der Waals surface area contributed by atoms with Crippen molar-refractivity contribution in [1.29, 1.82) is 0 Å². The van der Waals surface area contributed by atoms with Crippen LogP contribution in [0.25, 0.3) is 0 Å². The monoisotopic (exact) mass is 360 g/mol. The lowest BCUT2D eigenvalue weighted by atomic mass is 9.89. The first kappa shape index (κ1) is 17.3. The summed E-state index contributed by atoms with van der Waals surface area (Å²) in [5, 5.41) is 0. The van der Waals surface area contributed by atoms with Crippen LogP contribution in [0.3, 0.4) is 0 Å². The molecule has 27 heavy (non-hydrogen) atoms. The Balaban J connectivity index is 1.52. The first-order chi connectivity index (χ1) is 13.2. The average molecular weight is 360 g/mol. The van der Waals surface area contributed by atoms with Gasteiger partial charge in [0.2, 0.25) is 0 Å². The van der Waals surface area contributed by atoms with E-state index in [9.17, 15) is 9.59 Å². The summed E-state index contributed by atoms with van der Waals surface area (Å²) in [4.78, 5) is 25.0. The lowest BCUT2D eigenvalue weighted by Gasteiger charge is -2.32. The van der Waals surface area contributed by atoms with Gasteiger partial charge in [-0.25, -0.2) is 9.59 Å². The van der Waals surface area contributed by atoms with E-state index in [1.165, 1.54) is 11.1 Å². The molecular formula is C23H20O4. The van der Waals surface area contributed by atoms with Crippen molar-refractivity contribution in [3.05, 3.63) is 95.1 Å². The van der Waals surface area contributed by atoms with Crippen molar-refractivity contribution >= 4 is 11.9 Å². The van der Waals surface area contributed by atoms with Crippen LogP contribution in [0.1, 0.15) is 40.0 Å². The van der Waals surface area contributed by atoms with Gasteiger partial charge in [-0.15, -0.1) is 0 Å². The molecule has 2 aliphatic rings. The normalized spacial score (nSPS) is 20.9. The van der Waals surface area contributed by atoms with E-state index in [1.54, 1.807) is 48.5 Å². The molecule has 4 rings (SSSR count). The number of ether oxygens (including phenoxy) is 2. The molecule has 0 aliphatic heterocycles. The maximum Gasteiger partial charge on any atom is 0.338 e. The van der Waals surface area contributed by atoms with Gasteiger partial charge in [0.15, 0.2) is 0 Å². The third-order valence-electron chi connectivity index (χ3n) is 4.96. The Labute approximate surface area is 158 Å². The zero-order chi connectivity index (χ0) is 18.6. The Morgan fingerprint density at radius 3 is 1.81 bits per heavy atom. The average Bonchev–Trinajstić information content (AvgIpc) is 3.16. The van der Waals surface area contributed by atoms with Gasteiger partial charge in [0.1, 0.15) is 12.2 Å². The molecule has 4 nitrogen and oxygen atoms in total. The van der Waals surface area contributed by atoms with E-state index in [1.807, 2.05) is 12.1 Å². The molecule has 2 atom stereocenters. The van der Waals surface area contributed by atoms with Gasteiger partial charge >= 0.3 is 11.9 Å². The molecule has 2 aromatic rings. The van der Waals surface area contributed by atoms with E-state index < -0.39 is 24.1 Å². The van der Waals surface area contributed by atoms with E-state index >= 15 is 0 Å². The molecule has 0 bridgehead atoms. The molecule has 0 unspecified atom stereocenters. The zero-order valence-corrected chi connectivity index (χ0v) is 14.8. The first-order valence-corrected chi connectivity index (χ1v) is 9.10. The van der Waals surface area contributed by atoms with E-state index in [0.717, 1.165) is 6.42 Å². The molecular weight excluding hydrogens is 340 g/mol. The standard InChI is InChI=1S/C23H20O4/c24-22(16-8-3-1-4-9-16)26-20-14-18-12-7-13-19(18)15-21(20)27-23(25)17-10-5-2-6-11-17/h1-12,20-21H,13-15H2/t20-,21-/m0/s1. The van der Waals surface area contributed by atoms with E-state index in [2.05, 4.69) is 12.2 Å². The van der Waals surface area contributed by atoms with Crippen molar-refractivity contribution in [3.63, 3.8) is 0 Å². The van der Waals surface area contributed by atoms with Crippen molar-refractivity contribution in [3.8, 4) is 0 Å². The van der Waals surface area contributed by atoms with Crippen molar-refractivity contribution in [2.75, 3.05) is 0 Å². The lowest BCUT2D eigenvalue weighted by molar-refractivity contribution is -0.0384. The second kappa shape index (κ2) is 7.62. The molecule has 0 spiro atoms. The first-order valence-electron chi connectivity index (χ1n) is 9.10. The van der Waals surface area contributed by atoms with E-state index in [-0.39, 0.29) is 0 Å². The van der Waals surface area contributed by atoms with Crippen LogP contribution in [0.2, 0.25) is 0 Å². The molecule has 2 aromatic carbocycles. The van der Waals surface area contributed by atoms with Crippen molar-refractivity contribution in [2.24, 2.45) is 0 Å². The van der Waals surface area contributed by atoms with Gasteiger partial charge in [0.05, 0.1) is 11.1 Å². The van der Waals surface area contributed by atoms with Gasteiger partial charge in [-0.1, -0.05) is 54.1 Å². The molecule has 0 heterocycles. The number of benzene rings is 2. The maximum absolute atomic E-state index is 12.5. The molecule has 0 saturated carbocycles. The molecule has 4 heteroatoms. The summed E-state index contributed by atoms with van der Waals surface area (Å²) in [5.74, 6) is -0.788. The fraction of sp³-hybridized carbons (Fsp3) is 0.217. The van der Waals surface area contributed by atoms with Crippen LogP contribution in [-0.2, 0) is 9.47 Å². The van der Waals surface area contributed by atoms with Crippen LogP contribution in [0.5, 0.6) is 0 Å². The fourth-order valence-electron chi connectivity index (χ4n) is 3.54. The largest absolute Gasteiger partial charge is 0.454 e. The number of hydrogen-bond acceptors (Lipinski definition) is 4. The Morgan fingerprint density at radius 2 is 1.26 bits per heavy atom. The lowest BCUT2D eigenvalue weighted by Crippen LogP contribution is -2.38. The fourth-order valence-corrected chi connectivity index (χ4v) is 3.54. The van der Waals surface area contributed by atoms with Crippen LogP contribution in [0, 0.1) is 0 Å². The molecule has 0 fully saturated rings. The summed E-state index contributed by atoms with van der Waals surface area (Å²) in [6, 6.07) is 17.8. The number of allylic oxidation sites excluding steroid dienone is 2. The molecule has 0 radical (unpaired) electrons. The number of carbonyl (C=O) groups excluding carboxylic acids is 2. The SMILES string of the molecule is O=C(O[C@H]1CC2=C(CC=C2)C[C@@H]1OC(=O)c1ccccc1)c1ccccc1. The van der Waals surface area contributed by atoms with Crippen LogP contribution in [0.15, 0.2) is 84.0 Å². The Bertz CT molecular complexity index is 896. The van der Waals surface area contributed by atoms with Crippen LogP contribution in [-0.4, -0.2) is 24.1 Å². The third kappa shape index (κ3) is 3.85. The van der Waals surface area contributed by atoms with Crippen LogP contribution in [0.4, 0.5) is 0 Å². The van der Waals surface area contributed by atoms with Gasteiger partial charge in [-0.3, -0.25) is 0 Å². The third-order valence-corrected chi connectivity index (χ3v) is 4.96. The summed E-state index contributed by atoms with van der Waals surface area (Å²) >= 11 is 0. The van der Waals surface area contributed by atoms with Gasteiger partial charge in [-0.2, -0.15) is 0 Å². The summed E-state index contributed by atoms with van der Waals surface area (Å²) in [6.07, 6.45) is 5.23. The second-order valence-electron chi connectivity index (χ2n) is 6.76. The Hall–Kier alpha value is -3.14. The number of rotatable bonds is 4. The van der Waals surface area contributed by atoms with Gasteiger partial charge in [0, 0.05) is 12.8 Å².